The Morgan fingerprint density at radius 2 is 2.00 bits per heavy atom. The smallest absolute Gasteiger partial charge is 0.350 e. The van der Waals surface area contributed by atoms with Gasteiger partial charge in [0.25, 0.3) is 12.1 Å². The first-order valence-corrected chi connectivity index (χ1v) is 4.68. The van der Waals surface area contributed by atoms with Crippen molar-refractivity contribution >= 4 is 11.9 Å². The van der Waals surface area contributed by atoms with Gasteiger partial charge in [0.2, 0.25) is 0 Å². The number of halogens is 1. The van der Waals surface area contributed by atoms with E-state index in [4.69, 9.17) is 0 Å². The SMILES string of the molecule is COC(=O)[C@@H](F)C(=O)NCc1ccccc1. The van der Waals surface area contributed by atoms with Crippen molar-refractivity contribution in [2.45, 2.75) is 12.7 Å². The number of nitrogens with one attached hydrogen (secondary N) is 1. The molecule has 0 fully saturated rings. The molecule has 1 amide bonds. The summed E-state index contributed by atoms with van der Waals surface area (Å²) in [5.74, 6) is -2.18. The van der Waals surface area contributed by atoms with Crippen molar-refractivity contribution in [1.29, 1.82) is 0 Å². The molecule has 0 radical (unpaired) electrons. The number of benzene rings is 1. The summed E-state index contributed by atoms with van der Waals surface area (Å²) in [6.07, 6.45) is -2.27. The molecule has 0 saturated heterocycles. The van der Waals surface area contributed by atoms with E-state index in [1.807, 2.05) is 6.07 Å². The first-order chi connectivity index (χ1) is 7.65. The van der Waals surface area contributed by atoms with E-state index in [-0.39, 0.29) is 6.54 Å². The second kappa shape index (κ2) is 5.85. The first-order valence-electron chi connectivity index (χ1n) is 4.68. The molecule has 1 rings (SSSR count). The fourth-order valence-electron chi connectivity index (χ4n) is 1.09. The van der Waals surface area contributed by atoms with Crippen LogP contribution in [0.3, 0.4) is 0 Å². The normalized spacial score (nSPS) is 11.6. The lowest BCUT2D eigenvalue weighted by molar-refractivity contribution is -0.151. The van der Waals surface area contributed by atoms with E-state index in [0.29, 0.717) is 0 Å². The largest absolute Gasteiger partial charge is 0.466 e. The molecule has 1 aromatic carbocycles. The second-order valence-corrected chi connectivity index (χ2v) is 3.09. The van der Waals surface area contributed by atoms with Gasteiger partial charge in [-0.15, -0.1) is 0 Å². The van der Waals surface area contributed by atoms with Crippen LogP contribution in [0.5, 0.6) is 0 Å². The monoisotopic (exact) mass is 225 g/mol. The van der Waals surface area contributed by atoms with Crippen LogP contribution in [-0.2, 0) is 20.9 Å². The molecule has 1 atom stereocenters. The van der Waals surface area contributed by atoms with Crippen LogP contribution in [0.15, 0.2) is 30.3 Å². The van der Waals surface area contributed by atoms with Crippen LogP contribution < -0.4 is 5.32 Å². The first kappa shape index (κ1) is 12.2. The maximum Gasteiger partial charge on any atom is 0.350 e. The molecule has 0 heterocycles. The van der Waals surface area contributed by atoms with E-state index < -0.39 is 18.0 Å². The zero-order valence-electron chi connectivity index (χ0n) is 8.77. The number of ether oxygens (including phenoxy) is 1. The number of carbonyl (C=O) groups is 2. The Morgan fingerprint density at radius 3 is 2.56 bits per heavy atom. The van der Waals surface area contributed by atoms with Gasteiger partial charge in [-0.25, -0.2) is 9.18 Å². The van der Waals surface area contributed by atoms with Crippen molar-refractivity contribution in [3.63, 3.8) is 0 Å². The van der Waals surface area contributed by atoms with Crippen LogP contribution in [0, 0.1) is 0 Å². The zero-order chi connectivity index (χ0) is 12.0. The van der Waals surface area contributed by atoms with Crippen molar-refractivity contribution in [2.24, 2.45) is 0 Å². The summed E-state index contributed by atoms with van der Waals surface area (Å²) in [6.45, 7) is 0.178. The maximum atomic E-state index is 13.0. The Kier molecular flexibility index (Phi) is 4.44. The van der Waals surface area contributed by atoms with E-state index in [0.717, 1.165) is 12.7 Å². The van der Waals surface area contributed by atoms with Gasteiger partial charge in [-0.3, -0.25) is 4.79 Å². The van der Waals surface area contributed by atoms with E-state index in [1.165, 1.54) is 0 Å². The topological polar surface area (TPSA) is 55.4 Å². The Balaban J connectivity index is 2.44. The third-order valence-electron chi connectivity index (χ3n) is 1.95. The quantitative estimate of drug-likeness (QED) is 0.609. The third kappa shape index (κ3) is 3.34. The molecule has 5 heteroatoms. The summed E-state index contributed by atoms with van der Waals surface area (Å²) in [7, 11) is 1.03. The number of methoxy groups -OCH3 is 1. The number of carbonyl (C=O) groups excluding carboxylic acids is 2. The third-order valence-corrected chi connectivity index (χ3v) is 1.95. The lowest BCUT2D eigenvalue weighted by atomic mass is 10.2. The Bertz CT molecular complexity index is 367. The average Bonchev–Trinajstić information content (AvgIpc) is 2.35. The fourth-order valence-corrected chi connectivity index (χ4v) is 1.09. The van der Waals surface area contributed by atoms with Gasteiger partial charge in [0.1, 0.15) is 0 Å². The highest BCUT2D eigenvalue weighted by atomic mass is 19.1. The van der Waals surface area contributed by atoms with Gasteiger partial charge in [-0.1, -0.05) is 30.3 Å². The minimum Gasteiger partial charge on any atom is -0.466 e. The van der Waals surface area contributed by atoms with Crippen LogP contribution in [0.1, 0.15) is 5.56 Å². The maximum absolute atomic E-state index is 13.0. The van der Waals surface area contributed by atoms with Crippen molar-refractivity contribution in [2.75, 3.05) is 7.11 Å². The molecule has 0 spiro atoms. The Hall–Kier alpha value is -1.91. The van der Waals surface area contributed by atoms with E-state index in [1.54, 1.807) is 24.3 Å². The van der Waals surface area contributed by atoms with Crippen molar-refractivity contribution < 1.29 is 18.7 Å². The number of hydrogen-bond donors (Lipinski definition) is 1. The summed E-state index contributed by atoms with van der Waals surface area (Å²) in [4.78, 5) is 21.8. The van der Waals surface area contributed by atoms with Crippen LogP contribution in [0.25, 0.3) is 0 Å². The van der Waals surface area contributed by atoms with Gasteiger partial charge in [-0.2, -0.15) is 0 Å². The lowest BCUT2D eigenvalue weighted by Crippen LogP contribution is -2.37. The Labute approximate surface area is 92.4 Å². The van der Waals surface area contributed by atoms with Crippen LogP contribution in [0.2, 0.25) is 0 Å². The molecule has 0 aliphatic rings. The lowest BCUT2D eigenvalue weighted by Gasteiger charge is -2.07. The van der Waals surface area contributed by atoms with Crippen molar-refractivity contribution in [3.05, 3.63) is 35.9 Å². The number of esters is 1. The highest BCUT2D eigenvalue weighted by Gasteiger charge is 2.26. The number of alkyl halides is 1. The molecule has 4 nitrogen and oxygen atoms in total. The Morgan fingerprint density at radius 1 is 1.38 bits per heavy atom. The van der Waals surface area contributed by atoms with Gasteiger partial charge < -0.3 is 10.1 Å². The molecule has 16 heavy (non-hydrogen) atoms. The van der Waals surface area contributed by atoms with Gasteiger partial charge in [0, 0.05) is 6.54 Å². The highest BCUT2D eigenvalue weighted by molar-refractivity contribution is 6.00. The van der Waals surface area contributed by atoms with E-state index in [2.05, 4.69) is 10.1 Å². The zero-order valence-corrected chi connectivity index (χ0v) is 8.77. The molecular formula is C11H12FNO3. The molecule has 0 aliphatic heterocycles. The molecule has 86 valence electrons. The molecule has 0 aliphatic carbocycles. The standard InChI is InChI=1S/C11H12FNO3/c1-16-11(15)9(12)10(14)13-7-8-5-3-2-4-6-8/h2-6,9H,7H2,1H3,(H,13,14)/t9-/m0/s1. The van der Waals surface area contributed by atoms with Gasteiger partial charge in [-0.05, 0) is 5.56 Å². The number of hydrogen-bond acceptors (Lipinski definition) is 3. The molecule has 1 N–H and O–H groups in total. The summed E-state index contributed by atoms with van der Waals surface area (Å²) >= 11 is 0. The minimum absolute atomic E-state index is 0.178. The van der Waals surface area contributed by atoms with E-state index in [9.17, 15) is 14.0 Å². The predicted molar refractivity (Wildman–Crippen MR) is 55.2 cm³/mol. The summed E-state index contributed by atoms with van der Waals surface area (Å²) in [5.41, 5.74) is 0.827. The van der Waals surface area contributed by atoms with Gasteiger partial charge in [0.05, 0.1) is 7.11 Å². The molecule has 0 saturated carbocycles. The highest BCUT2D eigenvalue weighted by Crippen LogP contribution is 1.99. The predicted octanol–water partition coefficient (Wildman–Crippen LogP) is 0.814. The molecule has 0 bridgehead atoms. The van der Waals surface area contributed by atoms with Crippen LogP contribution in [0.4, 0.5) is 4.39 Å². The van der Waals surface area contributed by atoms with Gasteiger partial charge in [0.15, 0.2) is 0 Å². The summed E-state index contributed by atoms with van der Waals surface area (Å²) < 4.78 is 17.1. The number of amides is 1. The number of rotatable bonds is 4. The van der Waals surface area contributed by atoms with Gasteiger partial charge >= 0.3 is 5.97 Å². The van der Waals surface area contributed by atoms with Crippen LogP contribution >= 0.6 is 0 Å². The fraction of sp³-hybridized carbons (Fsp3) is 0.273. The molecule has 1 aromatic rings. The molecule has 0 unspecified atom stereocenters. The van der Waals surface area contributed by atoms with Crippen LogP contribution in [-0.4, -0.2) is 25.2 Å². The summed E-state index contributed by atoms with van der Waals surface area (Å²) in [5, 5.41) is 2.30. The minimum atomic E-state index is -2.27. The molecule has 0 aromatic heterocycles. The van der Waals surface area contributed by atoms with Crippen molar-refractivity contribution in [3.8, 4) is 0 Å². The van der Waals surface area contributed by atoms with Crippen molar-refractivity contribution in [1.82, 2.24) is 5.32 Å². The van der Waals surface area contributed by atoms with E-state index >= 15 is 0 Å². The molecular weight excluding hydrogens is 213 g/mol. The second-order valence-electron chi connectivity index (χ2n) is 3.09. The average molecular weight is 225 g/mol. The summed E-state index contributed by atoms with van der Waals surface area (Å²) in [6, 6.07) is 9.00.